The standard InChI is InChI=1S/C26H38F3NO5/c1-14-5-8-24(31)9-16-15-11-33-17(15)6-7-23(16,4)21-20(19(14)22(24,2)3)34-18(35-21)10-30-12-25(32,13-30)26(27,28)29/h15-18,20-21,31-32H,5-13H2,1-4H3/t15-,16?,17+,18+,20+,21+,23+,24+/m0/s1. The number of likely N-dealkylation sites (tertiary alicyclic amines) is 1. The van der Waals surface area contributed by atoms with Gasteiger partial charge >= 0.3 is 6.18 Å². The van der Waals surface area contributed by atoms with Gasteiger partial charge in [-0.1, -0.05) is 26.3 Å². The first-order valence-corrected chi connectivity index (χ1v) is 13.1. The van der Waals surface area contributed by atoms with Crippen molar-refractivity contribution < 1.29 is 37.6 Å². The van der Waals surface area contributed by atoms with Crippen molar-refractivity contribution in [1.29, 1.82) is 0 Å². The lowest BCUT2D eigenvalue weighted by Gasteiger charge is -2.62. The van der Waals surface area contributed by atoms with Crippen LogP contribution in [0, 0.1) is 22.7 Å². The van der Waals surface area contributed by atoms with E-state index in [4.69, 9.17) is 14.2 Å². The van der Waals surface area contributed by atoms with Gasteiger partial charge in [-0.25, -0.2) is 0 Å². The molecular weight excluding hydrogens is 463 g/mol. The molecule has 3 aliphatic heterocycles. The second-order valence-electron chi connectivity index (χ2n) is 13.0. The number of hydrogen-bond donors (Lipinski definition) is 2. The lowest BCUT2D eigenvalue weighted by atomic mass is 9.47. The lowest BCUT2D eigenvalue weighted by Crippen LogP contribution is -2.69. The highest BCUT2D eigenvalue weighted by Gasteiger charge is 2.67. The topological polar surface area (TPSA) is 71.4 Å². The van der Waals surface area contributed by atoms with Gasteiger partial charge in [-0.3, -0.25) is 4.90 Å². The summed E-state index contributed by atoms with van der Waals surface area (Å²) in [6.07, 6.45) is -1.64. The third kappa shape index (κ3) is 3.31. The van der Waals surface area contributed by atoms with Gasteiger partial charge in [-0.05, 0) is 50.5 Å². The molecule has 6 rings (SSSR count). The number of ether oxygens (including phenoxy) is 3. The fourth-order valence-corrected chi connectivity index (χ4v) is 8.35. The second-order valence-corrected chi connectivity index (χ2v) is 13.0. The van der Waals surface area contributed by atoms with Crippen molar-refractivity contribution in [2.24, 2.45) is 22.7 Å². The number of hydrogen-bond acceptors (Lipinski definition) is 6. The summed E-state index contributed by atoms with van der Waals surface area (Å²) in [5, 5.41) is 22.0. The molecule has 9 heteroatoms. The molecule has 0 aromatic heterocycles. The van der Waals surface area contributed by atoms with Crippen LogP contribution >= 0.6 is 0 Å². The fraction of sp³-hybridized carbons (Fsp3) is 0.923. The number of halogens is 3. The van der Waals surface area contributed by atoms with Gasteiger partial charge in [0.05, 0.1) is 24.4 Å². The first-order chi connectivity index (χ1) is 16.2. The molecule has 1 unspecified atom stereocenters. The molecule has 5 fully saturated rings. The third-order valence-corrected chi connectivity index (χ3v) is 10.8. The van der Waals surface area contributed by atoms with E-state index in [0.717, 1.165) is 24.8 Å². The fourth-order valence-electron chi connectivity index (χ4n) is 8.35. The number of aliphatic hydroxyl groups is 2. The van der Waals surface area contributed by atoms with Gasteiger partial charge in [0.25, 0.3) is 0 Å². The minimum Gasteiger partial charge on any atom is -0.389 e. The highest BCUT2D eigenvalue weighted by atomic mass is 19.4. The van der Waals surface area contributed by atoms with Crippen LogP contribution in [-0.2, 0) is 14.2 Å². The molecule has 0 amide bonds. The Bertz CT molecular complexity index is 930. The SMILES string of the molecule is CC1=C2[C@H]3O[C@@H](CN4CC(O)(C(F)(F)F)C4)O[C@H]3[C@]3(C)CC[C@H]4OC[C@H]4C3C[C@](O)(CC1)C2(C)C. The van der Waals surface area contributed by atoms with Crippen LogP contribution in [0.4, 0.5) is 13.2 Å². The summed E-state index contributed by atoms with van der Waals surface area (Å²) in [4.78, 5) is 1.55. The zero-order chi connectivity index (χ0) is 25.2. The Kier molecular flexibility index (Phi) is 5.23. The van der Waals surface area contributed by atoms with Gasteiger partial charge in [-0.2, -0.15) is 13.2 Å². The van der Waals surface area contributed by atoms with Crippen LogP contribution in [0.5, 0.6) is 0 Å². The van der Waals surface area contributed by atoms with Crippen LogP contribution < -0.4 is 0 Å². The summed E-state index contributed by atoms with van der Waals surface area (Å²) < 4.78 is 58.5. The molecule has 0 radical (unpaired) electrons. The number of fused-ring (bicyclic) bond motifs is 8. The second kappa shape index (κ2) is 7.44. The van der Waals surface area contributed by atoms with Crippen molar-refractivity contribution in [2.45, 2.75) is 102 Å². The Morgan fingerprint density at radius 3 is 2.43 bits per heavy atom. The molecule has 3 heterocycles. The normalized spacial score (nSPS) is 48.6. The van der Waals surface area contributed by atoms with Gasteiger partial charge in [0.2, 0.25) is 0 Å². The lowest BCUT2D eigenvalue weighted by molar-refractivity contribution is -0.305. The van der Waals surface area contributed by atoms with E-state index in [0.29, 0.717) is 25.4 Å². The molecule has 2 N–H and O–H groups in total. The highest BCUT2D eigenvalue weighted by Crippen LogP contribution is 2.64. The van der Waals surface area contributed by atoms with Crippen molar-refractivity contribution in [1.82, 2.24) is 4.90 Å². The molecule has 0 aromatic rings. The van der Waals surface area contributed by atoms with Gasteiger partial charge in [0, 0.05) is 36.4 Å². The molecular formula is C26H38F3NO5. The molecule has 3 saturated heterocycles. The van der Waals surface area contributed by atoms with Crippen LogP contribution in [0.15, 0.2) is 11.1 Å². The van der Waals surface area contributed by atoms with Crippen LogP contribution in [0.3, 0.4) is 0 Å². The highest BCUT2D eigenvalue weighted by molar-refractivity contribution is 5.35. The van der Waals surface area contributed by atoms with Crippen LogP contribution in [0.25, 0.3) is 0 Å². The summed E-state index contributed by atoms with van der Waals surface area (Å²) in [7, 11) is 0. The van der Waals surface area contributed by atoms with Crippen molar-refractivity contribution >= 4 is 0 Å². The molecule has 3 aliphatic carbocycles. The van der Waals surface area contributed by atoms with Crippen LogP contribution in [-0.4, -0.2) is 83.3 Å². The molecule has 6 nitrogen and oxygen atoms in total. The number of nitrogens with zero attached hydrogens (tertiary/aromatic N) is 1. The van der Waals surface area contributed by atoms with E-state index < -0.39 is 42.2 Å². The van der Waals surface area contributed by atoms with Crippen molar-refractivity contribution in [3.63, 3.8) is 0 Å². The van der Waals surface area contributed by atoms with Crippen LogP contribution in [0.2, 0.25) is 0 Å². The predicted molar refractivity (Wildman–Crippen MR) is 120 cm³/mol. The molecule has 35 heavy (non-hydrogen) atoms. The van der Waals surface area contributed by atoms with Gasteiger partial charge in [0.1, 0.15) is 6.10 Å². The Morgan fingerprint density at radius 2 is 1.80 bits per heavy atom. The maximum absolute atomic E-state index is 13.1. The Balaban J connectivity index is 1.33. The summed E-state index contributed by atoms with van der Waals surface area (Å²) in [5.74, 6) is 0.594. The largest absolute Gasteiger partial charge is 0.419 e. The quantitative estimate of drug-likeness (QED) is 0.566. The zero-order valence-corrected chi connectivity index (χ0v) is 21.0. The molecule has 0 spiro atoms. The van der Waals surface area contributed by atoms with Gasteiger partial charge in [0.15, 0.2) is 11.9 Å². The van der Waals surface area contributed by atoms with E-state index in [2.05, 4.69) is 27.7 Å². The molecule has 2 saturated carbocycles. The maximum atomic E-state index is 13.1. The number of β-amino-alcohol motifs (C(OH)–C–C–N with tert-alkyl or cyclic N) is 1. The Morgan fingerprint density at radius 1 is 1.09 bits per heavy atom. The summed E-state index contributed by atoms with van der Waals surface area (Å²) in [6.45, 7) is 8.53. The molecule has 2 bridgehead atoms. The summed E-state index contributed by atoms with van der Waals surface area (Å²) >= 11 is 0. The third-order valence-electron chi connectivity index (χ3n) is 10.8. The van der Waals surface area contributed by atoms with Crippen LogP contribution in [0.1, 0.15) is 59.8 Å². The first kappa shape index (κ1) is 24.6. The molecule has 198 valence electrons. The molecule has 8 atom stereocenters. The van der Waals surface area contributed by atoms with E-state index >= 15 is 0 Å². The predicted octanol–water partition coefficient (Wildman–Crippen LogP) is 3.41. The maximum Gasteiger partial charge on any atom is 0.419 e. The van der Waals surface area contributed by atoms with Crippen molar-refractivity contribution in [2.75, 3.05) is 26.2 Å². The smallest absolute Gasteiger partial charge is 0.389 e. The van der Waals surface area contributed by atoms with E-state index in [1.165, 1.54) is 5.57 Å². The Labute approximate surface area is 204 Å². The monoisotopic (exact) mass is 501 g/mol. The van der Waals surface area contributed by atoms with Crippen molar-refractivity contribution in [3.8, 4) is 0 Å². The average molecular weight is 502 g/mol. The summed E-state index contributed by atoms with van der Waals surface area (Å²) in [6, 6.07) is 0. The van der Waals surface area contributed by atoms with Crippen molar-refractivity contribution in [3.05, 3.63) is 11.1 Å². The van der Waals surface area contributed by atoms with E-state index in [1.54, 1.807) is 4.90 Å². The number of rotatable bonds is 2. The average Bonchev–Trinajstić information content (AvgIpc) is 3.10. The first-order valence-electron chi connectivity index (χ1n) is 13.1. The zero-order valence-electron chi connectivity index (χ0n) is 21.0. The van der Waals surface area contributed by atoms with E-state index in [1.807, 2.05) is 0 Å². The van der Waals surface area contributed by atoms with E-state index in [9.17, 15) is 23.4 Å². The summed E-state index contributed by atoms with van der Waals surface area (Å²) in [5.41, 5.74) is -1.95. The Hall–Kier alpha value is -0.710. The minimum atomic E-state index is -4.65. The molecule has 6 aliphatic rings. The van der Waals surface area contributed by atoms with Gasteiger partial charge in [-0.15, -0.1) is 0 Å². The number of alkyl halides is 3. The van der Waals surface area contributed by atoms with Gasteiger partial charge < -0.3 is 24.4 Å². The minimum absolute atomic E-state index is 0.179. The van der Waals surface area contributed by atoms with E-state index in [-0.39, 0.29) is 36.2 Å². The molecule has 0 aromatic carbocycles. The number of allylic oxidation sites excluding steroid dienone is 1.